The van der Waals surface area contributed by atoms with Crippen molar-refractivity contribution in [1.29, 1.82) is 0 Å². The Kier molecular flexibility index (Phi) is 38.4. The molecule has 0 bridgehead atoms. The van der Waals surface area contributed by atoms with E-state index < -0.39 is 12.1 Å². The van der Waals surface area contributed by atoms with Crippen LogP contribution in [0.3, 0.4) is 0 Å². The summed E-state index contributed by atoms with van der Waals surface area (Å²) in [4.78, 5) is 12.4. The van der Waals surface area contributed by atoms with Gasteiger partial charge in [-0.2, -0.15) is 0 Å². The van der Waals surface area contributed by atoms with Crippen LogP contribution in [0.5, 0.6) is 0 Å². The summed E-state index contributed by atoms with van der Waals surface area (Å²) in [5, 5.41) is 23.0. The van der Waals surface area contributed by atoms with Crippen LogP contribution in [0.2, 0.25) is 0 Å². The van der Waals surface area contributed by atoms with Crippen LogP contribution in [0.1, 0.15) is 226 Å². The largest absolute Gasteiger partial charge is 0.394 e. The number of hydrogen-bond donors (Lipinski definition) is 3. The molecule has 0 aromatic heterocycles. The van der Waals surface area contributed by atoms with Crippen LogP contribution in [0, 0.1) is 0 Å². The highest BCUT2D eigenvalue weighted by Crippen LogP contribution is 2.15. The van der Waals surface area contributed by atoms with Crippen molar-refractivity contribution < 1.29 is 15.0 Å². The van der Waals surface area contributed by atoms with Gasteiger partial charge in [0, 0.05) is 6.42 Å². The monoisotopic (exact) mass is 662 g/mol. The van der Waals surface area contributed by atoms with Crippen molar-refractivity contribution in [3.63, 3.8) is 0 Å². The first-order valence-corrected chi connectivity index (χ1v) is 21.1. The highest BCUT2D eigenvalue weighted by Gasteiger charge is 2.17. The zero-order valence-electron chi connectivity index (χ0n) is 31.8. The smallest absolute Gasteiger partial charge is 0.220 e. The van der Waals surface area contributed by atoms with Crippen LogP contribution in [0.25, 0.3) is 0 Å². The molecule has 0 aliphatic heterocycles. The van der Waals surface area contributed by atoms with Gasteiger partial charge in [-0.1, -0.05) is 199 Å². The minimum Gasteiger partial charge on any atom is -0.394 e. The summed E-state index contributed by atoms with van der Waals surface area (Å²) in [6.07, 6.45) is 49.9. The van der Waals surface area contributed by atoms with Gasteiger partial charge in [0.1, 0.15) is 0 Å². The number of aliphatic hydroxyl groups excluding tert-OH is 2. The van der Waals surface area contributed by atoms with E-state index in [0.29, 0.717) is 6.42 Å². The molecule has 0 aliphatic carbocycles. The molecule has 3 N–H and O–H groups in total. The van der Waals surface area contributed by atoms with E-state index in [-0.39, 0.29) is 12.5 Å². The molecule has 47 heavy (non-hydrogen) atoms. The molecule has 1 amide bonds. The van der Waals surface area contributed by atoms with Gasteiger partial charge in [-0.15, -0.1) is 0 Å². The second-order valence-electron chi connectivity index (χ2n) is 14.4. The van der Waals surface area contributed by atoms with Crippen molar-refractivity contribution in [3.05, 3.63) is 24.3 Å². The van der Waals surface area contributed by atoms with Crippen molar-refractivity contribution in [2.45, 2.75) is 238 Å². The summed E-state index contributed by atoms with van der Waals surface area (Å²) in [6.45, 7) is 4.31. The lowest BCUT2D eigenvalue weighted by molar-refractivity contribution is -0.123. The highest BCUT2D eigenvalue weighted by atomic mass is 16.3. The number of carbonyl (C=O) groups excluding carboxylic acids is 1. The van der Waals surface area contributed by atoms with Crippen LogP contribution in [0.15, 0.2) is 24.3 Å². The van der Waals surface area contributed by atoms with E-state index in [9.17, 15) is 15.0 Å². The summed E-state index contributed by atoms with van der Waals surface area (Å²) in [5.41, 5.74) is 0. The van der Waals surface area contributed by atoms with Crippen molar-refractivity contribution in [1.82, 2.24) is 5.32 Å². The van der Waals surface area contributed by atoms with Gasteiger partial charge in [0.25, 0.3) is 0 Å². The lowest BCUT2D eigenvalue weighted by Gasteiger charge is -2.20. The number of allylic oxidation sites excluding steroid dienone is 3. The van der Waals surface area contributed by atoms with E-state index in [4.69, 9.17) is 0 Å². The van der Waals surface area contributed by atoms with Gasteiger partial charge in [0.15, 0.2) is 0 Å². The quantitative estimate of drug-likeness (QED) is 0.0455. The zero-order valence-corrected chi connectivity index (χ0v) is 31.8. The highest BCUT2D eigenvalue weighted by molar-refractivity contribution is 5.76. The maximum absolute atomic E-state index is 12.4. The molecule has 0 rings (SSSR count). The van der Waals surface area contributed by atoms with Gasteiger partial charge in [0.2, 0.25) is 5.91 Å². The van der Waals surface area contributed by atoms with Crippen LogP contribution in [0.4, 0.5) is 0 Å². The number of hydrogen-bond acceptors (Lipinski definition) is 3. The van der Waals surface area contributed by atoms with Crippen molar-refractivity contribution in [3.8, 4) is 0 Å². The molecule has 0 aromatic rings. The van der Waals surface area contributed by atoms with E-state index in [1.54, 1.807) is 6.08 Å². The van der Waals surface area contributed by atoms with Gasteiger partial charge in [0.05, 0.1) is 18.8 Å². The normalized spacial score (nSPS) is 13.2. The van der Waals surface area contributed by atoms with E-state index in [2.05, 4.69) is 31.3 Å². The lowest BCUT2D eigenvalue weighted by atomic mass is 10.0. The minimum atomic E-state index is -0.838. The number of carbonyl (C=O) groups is 1. The molecule has 0 aliphatic rings. The second kappa shape index (κ2) is 39.3. The third-order valence-corrected chi connectivity index (χ3v) is 9.68. The molecule has 0 radical (unpaired) electrons. The van der Waals surface area contributed by atoms with Crippen LogP contribution in [-0.2, 0) is 4.79 Å². The topological polar surface area (TPSA) is 69.6 Å². The molecule has 0 fully saturated rings. The van der Waals surface area contributed by atoms with Crippen molar-refractivity contribution in [2.24, 2.45) is 0 Å². The van der Waals surface area contributed by atoms with Crippen LogP contribution >= 0.6 is 0 Å². The van der Waals surface area contributed by atoms with Gasteiger partial charge in [-0.3, -0.25) is 4.79 Å². The van der Waals surface area contributed by atoms with E-state index in [1.165, 1.54) is 180 Å². The molecule has 0 aromatic carbocycles. The summed E-state index contributed by atoms with van der Waals surface area (Å²) >= 11 is 0. The Hall–Kier alpha value is -1.13. The minimum absolute atomic E-state index is 0.0674. The molecule has 4 heteroatoms. The molecule has 4 nitrogen and oxygen atoms in total. The second-order valence-corrected chi connectivity index (χ2v) is 14.4. The first-order chi connectivity index (χ1) is 23.2. The third kappa shape index (κ3) is 36.0. The summed E-state index contributed by atoms with van der Waals surface area (Å²) in [5.74, 6) is -0.0674. The summed E-state index contributed by atoms with van der Waals surface area (Å²) in [7, 11) is 0. The molecule has 0 heterocycles. The molecular weight excluding hydrogens is 578 g/mol. The maximum atomic E-state index is 12.4. The third-order valence-electron chi connectivity index (χ3n) is 9.68. The number of rotatable bonds is 38. The van der Waals surface area contributed by atoms with E-state index in [0.717, 1.165) is 25.7 Å². The Bertz CT molecular complexity index is 676. The van der Waals surface area contributed by atoms with Gasteiger partial charge >= 0.3 is 0 Å². The summed E-state index contributed by atoms with van der Waals surface area (Å²) in [6, 6.07) is -0.621. The Morgan fingerprint density at radius 3 is 1.17 bits per heavy atom. The zero-order chi connectivity index (χ0) is 34.3. The first kappa shape index (κ1) is 45.9. The average Bonchev–Trinajstić information content (AvgIpc) is 3.07. The van der Waals surface area contributed by atoms with Crippen molar-refractivity contribution >= 4 is 5.91 Å². The predicted molar refractivity (Wildman–Crippen MR) is 207 cm³/mol. The molecule has 278 valence electrons. The van der Waals surface area contributed by atoms with Gasteiger partial charge in [-0.05, 0) is 44.9 Å². The number of aliphatic hydroxyl groups is 2. The fourth-order valence-corrected chi connectivity index (χ4v) is 6.41. The summed E-state index contributed by atoms with van der Waals surface area (Å²) < 4.78 is 0. The standard InChI is InChI=1S/C43H83NO3/c1-3-5-7-9-11-13-15-17-19-21-23-25-27-29-31-33-35-37-39-43(47)44-41(40-45)42(46)38-36-34-32-30-28-26-24-22-20-18-16-14-12-10-8-6-4-2/h19,21,36,38,41-42,45-46H,3-18,20,22-35,37,39-40H2,1-2H3,(H,44,47)/b21-19-,38-36+. The van der Waals surface area contributed by atoms with Gasteiger partial charge < -0.3 is 15.5 Å². The molecule has 0 saturated carbocycles. The Balaban J connectivity index is 3.58. The number of amides is 1. The molecule has 2 unspecified atom stereocenters. The maximum Gasteiger partial charge on any atom is 0.220 e. The van der Waals surface area contributed by atoms with Crippen molar-refractivity contribution in [2.75, 3.05) is 6.61 Å². The Morgan fingerprint density at radius 2 is 0.809 bits per heavy atom. The number of nitrogens with one attached hydrogen (secondary N) is 1. The van der Waals surface area contributed by atoms with E-state index >= 15 is 0 Å². The van der Waals surface area contributed by atoms with Gasteiger partial charge in [-0.25, -0.2) is 0 Å². The fraction of sp³-hybridized carbons (Fsp3) is 0.884. The lowest BCUT2D eigenvalue weighted by Crippen LogP contribution is -2.45. The molecule has 2 atom stereocenters. The number of unbranched alkanes of at least 4 members (excludes halogenated alkanes) is 29. The molecule has 0 saturated heterocycles. The molecular formula is C43H83NO3. The average molecular weight is 662 g/mol. The van der Waals surface area contributed by atoms with E-state index in [1.807, 2.05) is 6.08 Å². The SMILES string of the molecule is CCCCCCCCC/C=C\CCCCCCCCCC(=O)NC(CO)C(O)/C=C/CCCCCCCCCCCCCCCCC. The van der Waals surface area contributed by atoms with Crippen LogP contribution < -0.4 is 5.32 Å². The Labute approximate surface area is 294 Å². The fourth-order valence-electron chi connectivity index (χ4n) is 6.41. The molecule has 0 spiro atoms. The first-order valence-electron chi connectivity index (χ1n) is 21.1. The van der Waals surface area contributed by atoms with Crippen LogP contribution in [-0.4, -0.2) is 34.9 Å². The predicted octanol–water partition coefficient (Wildman–Crippen LogP) is 12.8. The Morgan fingerprint density at radius 1 is 0.489 bits per heavy atom.